The Morgan fingerprint density at radius 3 is 2.29 bits per heavy atom. The monoisotopic (exact) mass is 491 g/mol. The standard InChI is InChI=1S/C24H27F2N3O4S/c1-28(2)9-6-10-29(24-27-22-17(26)13-16(25)14-20(22)34-24)21(30)8-7-15-11-18(31-3)23(33-5)19(12-15)32-4/h7-8,11-14H,6,9-10H2,1-5H3/b8-7+. The molecule has 2 aromatic carbocycles. The predicted molar refractivity (Wildman–Crippen MR) is 130 cm³/mol. The molecule has 0 aliphatic carbocycles. The third-order valence-corrected chi connectivity index (χ3v) is 6.02. The zero-order valence-electron chi connectivity index (χ0n) is 19.7. The lowest BCUT2D eigenvalue weighted by molar-refractivity contribution is -0.114. The lowest BCUT2D eigenvalue weighted by Gasteiger charge is -2.19. The summed E-state index contributed by atoms with van der Waals surface area (Å²) in [7, 11) is 8.41. The first-order valence-corrected chi connectivity index (χ1v) is 11.3. The van der Waals surface area contributed by atoms with Crippen molar-refractivity contribution in [3.63, 3.8) is 0 Å². The Morgan fingerprint density at radius 2 is 1.71 bits per heavy atom. The second kappa shape index (κ2) is 11.3. The smallest absolute Gasteiger partial charge is 0.252 e. The Morgan fingerprint density at radius 1 is 1.03 bits per heavy atom. The number of thiazole rings is 1. The van der Waals surface area contributed by atoms with Gasteiger partial charge in [-0.25, -0.2) is 13.8 Å². The molecule has 0 unspecified atom stereocenters. The van der Waals surface area contributed by atoms with Crippen molar-refractivity contribution in [1.29, 1.82) is 0 Å². The summed E-state index contributed by atoms with van der Waals surface area (Å²) in [6, 6.07) is 5.44. The quantitative estimate of drug-likeness (QED) is 0.387. The van der Waals surface area contributed by atoms with Gasteiger partial charge in [0.05, 0.1) is 26.0 Å². The van der Waals surface area contributed by atoms with Crippen molar-refractivity contribution in [1.82, 2.24) is 9.88 Å². The van der Waals surface area contributed by atoms with Crippen LogP contribution in [-0.2, 0) is 4.79 Å². The van der Waals surface area contributed by atoms with E-state index in [9.17, 15) is 13.6 Å². The van der Waals surface area contributed by atoms with Crippen molar-refractivity contribution in [2.45, 2.75) is 6.42 Å². The normalized spacial score (nSPS) is 11.4. The Balaban J connectivity index is 1.93. The number of carbonyl (C=O) groups is 1. The minimum Gasteiger partial charge on any atom is -0.493 e. The van der Waals surface area contributed by atoms with Crippen LogP contribution in [0.1, 0.15) is 12.0 Å². The number of fused-ring (bicyclic) bond motifs is 1. The first-order valence-electron chi connectivity index (χ1n) is 10.5. The number of amides is 1. The van der Waals surface area contributed by atoms with Gasteiger partial charge in [0, 0.05) is 18.7 Å². The molecule has 0 fully saturated rings. The average Bonchev–Trinajstić information content (AvgIpc) is 3.23. The molecule has 0 radical (unpaired) electrons. The van der Waals surface area contributed by atoms with Crippen LogP contribution in [0, 0.1) is 11.6 Å². The number of hydrogen-bond donors (Lipinski definition) is 0. The highest BCUT2D eigenvalue weighted by Crippen LogP contribution is 2.38. The third-order valence-electron chi connectivity index (χ3n) is 4.99. The second-order valence-electron chi connectivity index (χ2n) is 7.67. The first kappa shape index (κ1) is 25.4. The van der Waals surface area contributed by atoms with Gasteiger partial charge in [-0.3, -0.25) is 9.69 Å². The maximum absolute atomic E-state index is 14.2. The molecule has 0 saturated carbocycles. The number of ether oxygens (including phenoxy) is 3. The van der Waals surface area contributed by atoms with E-state index in [2.05, 4.69) is 4.98 Å². The largest absolute Gasteiger partial charge is 0.493 e. The van der Waals surface area contributed by atoms with E-state index in [0.29, 0.717) is 45.6 Å². The maximum Gasteiger partial charge on any atom is 0.252 e. The summed E-state index contributed by atoms with van der Waals surface area (Å²) in [5.74, 6) is -0.421. The van der Waals surface area contributed by atoms with Crippen LogP contribution in [0.15, 0.2) is 30.3 Å². The number of rotatable bonds is 10. The van der Waals surface area contributed by atoms with Crippen molar-refractivity contribution in [2.24, 2.45) is 0 Å². The molecule has 0 saturated heterocycles. The number of anilines is 1. The van der Waals surface area contributed by atoms with Gasteiger partial charge in [-0.05, 0) is 56.9 Å². The highest BCUT2D eigenvalue weighted by molar-refractivity contribution is 7.22. The molecule has 7 nitrogen and oxygen atoms in total. The van der Waals surface area contributed by atoms with E-state index in [-0.39, 0.29) is 11.4 Å². The summed E-state index contributed by atoms with van der Waals surface area (Å²) in [6.45, 7) is 1.11. The fourth-order valence-corrected chi connectivity index (χ4v) is 4.40. The van der Waals surface area contributed by atoms with E-state index in [1.54, 1.807) is 18.2 Å². The highest BCUT2D eigenvalue weighted by Gasteiger charge is 2.20. The molecule has 3 rings (SSSR count). The van der Waals surface area contributed by atoms with Crippen LogP contribution in [0.4, 0.5) is 13.9 Å². The van der Waals surface area contributed by atoms with Gasteiger partial charge in [0.15, 0.2) is 22.4 Å². The van der Waals surface area contributed by atoms with E-state index in [4.69, 9.17) is 14.2 Å². The fraction of sp³-hybridized carbons (Fsp3) is 0.333. The Labute approximate surface area is 201 Å². The number of nitrogens with zero attached hydrogens (tertiary/aromatic N) is 3. The average molecular weight is 492 g/mol. The Bertz CT molecular complexity index is 1170. The van der Waals surface area contributed by atoms with Gasteiger partial charge >= 0.3 is 0 Å². The summed E-state index contributed by atoms with van der Waals surface area (Å²) in [6.07, 6.45) is 3.70. The molecule has 0 bridgehead atoms. The van der Waals surface area contributed by atoms with Gasteiger partial charge in [-0.2, -0.15) is 0 Å². The summed E-state index contributed by atoms with van der Waals surface area (Å²) in [4.78, 5) is 20.9. The SMILES string of the molecule is COc1cc(/C=C/C(=O)N(CCCN(C)C)c2nc3c(F)cc(F)cc3s2)cc(OC)c1OC. The molecule has 10 heteroatoms. The van der Waals surface area contributed by atoms with Crippen LogP contribution >= 0.6 is 11.3 Å². The van der Waals surface area contributed by atoms with Crippen LogP contribution in [0.25, 0.3) is 16.3 Å². The molecular weight excluding hydrogens is 464 g/mol. The van der Waals surface area contributed by atoms with Gasteiger partial charge in [0.25, 0.3) is 5.91 Å². The highest BCUT2D eigenvalue weighted by atomic mass is 32.1. The molecule has 34 heavy (non-hydrogen) atoms. The summed E-state index contributed by atoms with van der Waals surface area (Å²) < 4.78 is 44.2. The zero-order valence-corrected chi connectivity index (χ0v) is 20.5. The van der Waals surface area contributed by atoms with Crippen molar-refractivity contribution >= 4 is 38.7 Å². The van der Waals surface area contributed by atoms with Crippen molar-refractivity contribution in [3.8, 4) is 17.2 Å². The molecule has 1 heterocycles. The summed E-state index contributed by atoms with van der Waals surface area (Å²) in [5, 5.41) is 0.304. The fourth-order valence-electron chi connectivity index (χ4n) is 3.36. The number of benzene rings is 2. The summed E-state index contributed by atoms with van der Waals surface area (Å²) >= 11 is 1.07. The summed E-state index contributed by atoms with van der Waals surface area (Å²) in [5.41, 5.74) is 0.703. The Hall–Kier alpha value is -3.24. The van der Waals surface area contributed by atoms with Gasteiger partial charge in [0.1, 0.15) is 11.3 Å². The van der Waals surface area contributed by atoms with Gasteiger partial charge in [0.2, 0.25) is 5.75 Å². The molecule has 0 atom stereocenters. The molecule has 3 aromatic rings. The molecule has 1 aromatic heterocycles. The first-order chi connectivity index (χ1) is 16.3. The lowest BCUT2D eigenvalue weighted by Crippen LogP contribution is -2.32. The number of carbonyl (C=O) groups excluding carboxylic acids is 1. The number of aromatic nitrogens is 1. The second-order valence-corrected chi connectivity index (χ2v) is 8.68. The topological polar surface area (TPSA) is 64.1 Å². The molecule has 1 amide bonds. The van der Waals surface area contributed by atoms with Crippen molar-refractivity contribution < 1.29 is 27.8 Å². The number of methoxy groups -OCH3 is 3. The molecule has 0 spiro atoms. The molecule has 0 aliphatic heterocycles. The molecule has 0 N–H and O–H groups in total. The van der Waals surface area contributed by atoms with Crippen molar-refractivity contribution in [2.75, 3.05) is 53.4 Å². The van der Waals surface area contributed by atoms with Gasteiger partial charge in [-0.1, -0.05) is 11.3 Å². The minimum atomic E-state index is -0.758. The van der Waals surface area contributed by atoms with Crippen LogP contribution < -0.4 is 19.1 Å². The van der Waals surface area contributed by atoms with E-state index in [0.717, 1.165) is 23.9 Å². The van der Waals surface area contributed by atoms with Crippen LogP contribution in [0.3, 0.4) is 0 Å². The number of halogens is 2. The zero-order chi connectivity index (χ0) is 24.8. The molecule has 182 valence electrons. The van der Waals surface area contributed by atoms with E-state index in [1.165, 1.54) is 38.4 Å². The van der Waals surface area contributed by atoms with Crippen LogP contribution in [0.2, 0.25) is 0 Å². The van der Waals surface area contributed by atoms with Crippen LogP contribution in [-0.4, -0.2) is 64.3 Å². The molecular formula is C24H27F2N3O4S. The van der Waals surface area contributed by atoms with E-state index in [1.807, 2.05) is 19.0 Å². The molecule has 0 aliphatic rings. The van der Waals surface area contributed by atoms with Crippen molar-refractivity contribution in [3.05, 3.63) is 47.5 Å². The maximum atomic E-state index is 14.2. The lowest BCUT2D eigenvalue weighted by atomic mass is 10.1. The van der Waals surface area contributed by atoms with Gasteiger partial charge < -0.3 is 19.1 Å². The predicted octanol–water partition coefficient (Wildman–Crippen LogP) is 4.60. The minimum absolute atomic E-state index is 0.0421. The van der Waals surface area contributed by atoms with E-state index >= 15 is 0 Å². The van der Waals surface area contributed by atoms with Crippen LogP contribution in [0.5, 0.6) is 17.2 Å². The third kappa shape index (κ3) is 5.81. The van der Waals surface area contributed by atoms with Gasteiger partial charge in [-0.15, -0.1) is 0 Å². The number of hydrogen-bond acceptors (Lipinski definition) is 7. The Kier molecular flexibility index (Phi) is 8.41. The van der Waals surface area contributed by atoms with E-state index < -0.39 is 11.6 Å².